The fourth-order valence-corrected chi connectivity index (χ4v) is 2.84. The highest BCUT2D eigenvalue weighted by molar-refractivity contribution is 4.91. The van der Waals surface area contributed by atoms with Crippen LogP contribution in [0.2, 0.25) is 0 Å². The molecule has 0 aromatic carbocycles. The molecule has 0 radical (unpaired) electrons. The van der Waals surface area contributed by atoms with Crippen molar-refractivity contribution in [2.45, 2.75) is 58.2 Å². The van der Waals surface area contributed by atoms with Gasteiger partial charge in [-0.1, -0.05) is 6.42 Å². The number of nitrogens with zero attached hydrogens (tertiary/aromatic N) is 2. The second kappa shape index (κ2) is 5.37. The number of hydrogen-bond acceptors (Lipinski definition) is 3. The highest BCUT2D eigenvalue weighted by Gasteiger charge is 2.33. The van der Waals surface area contributed by atoms with E-state index in [2.05, 4.69) is 11.0 Å². The number of hydrogen-bond donors (Lipinski definition) is 0. The Labute approximate surface area is 105 Å². The average molecular weight is 236 g/mol. The molecule has 0 N–H and O–H groups in total. The molecule has 17 heavy (non-hydrogen) atoms. The molecule has 2 atom stereocenters. The lowest BCUT2D eigenvalue weighted by atomic mass is 9.89. The van der Waals surface area contributed by atoms with E-state index in [1.54, 1.807) is 0 Å². The number of likely N-dealkylation sites (tertiary alicyclic amines) is 1. The molecule has 3 nitrogen and oxygen atoms in total. The molecule has 0 aromatic rings. The van der Waals surface area contributed by atoms with E-state index in [0.717, 1.165) is 25.9 Å². The Morgan fingerprint density at radius 1 is 1.24 bits per heavy atom. The van der Waals surface area contributed by atoms with Crippen LogP contribution in [0.4, 0.5) is 0 Å². The molecule has 0 spiro atoms. The van der Waals surface area contributed by atoms with Crippen molar-refractivity contribution in [1.29, 1.82) is 5.26 Å². The molecule has 0 amide bonds. The maximum absolute atomic E-state index is 8.94. The van der Waals surface area contributed by atoms with Crippen molar-refractivity contribution in [2.24, 2.45) is 5.41 Å². The summed E-state index contributed by atoms with van der Waals surface area (Å²) in [5, 5.41) is 8.94. The summed E-state index contributed by atoms with van der Waals surface area (Å²) in [7, 11) is 0. The second-order valence-corrected chi connectivity index (χ2v) is 6.17. The molecule has 2 heterocycles. The zero-order valence-corrected chi connectivity index (χ0v) is 11.1. The van der Waals surface area contributed by atoms with Gasteiger partial charge in [0, 0.05) is 13.1 Å². The molecule has 0 aliphatic carbocycles. The third-order valence-corrected chi connectivity index (χ3v) is 3.95. The first-order valence-electron chi connectivity index (χ1n) is 6.88. The SMILES string of the molecule is CC(C)(C#N)CCCCN1CC2CCC(C1)O2. The lowest BCUT2D eigenvalue weighted by molar-refractivity contribution is -0.0386. The summed E-state index contributed by atoms with van der Waals surface area (Å²) in [6.07, 6.45) is 6.90. The molecule has 2 bridgehead atoms. The van der Waals surface area contributed by atoms with Gasteiger partial charge in [-0.25, -0.2) is 0 Å². The van der Waals surface area contributed by atoms with Gasteiger partial charge in [-0.3, -0.25) is 4.90 Å². The predicted octanol–water partition coefficient (Wildman–Crippen LogP) is 2.57. The smallest absolute Gasteiger partial charge is 0.0707 e. The summed E-state index contributed by atoms with van der Waals surface area (Å²) in [4.78, 5) is 2.55. The largest absolute Gasteiger partial charge is 0.372 e. The minimum absolute atomic E-state index is 0.149. The topological polar surface area (TPSA) is 36.3 Å². The Balaban J connectivity index is 1.62. The molecule has 96 valence electrons. The first-order chi connectivity index (χ1) is 8.09. The average Bonchev–Trinajstić information content (AvgIpc) is 2.64. The molecule has 0 aromatic heterocycles. The van der Waals surface area contributed by atoms with Gasteiger partial charge in [0.2, 0.25) is 0 Å². The second-order valence-electron chi connectivity index (χ2n) is 6.17. The zero-order chi connectivity index (χ0) is 12.3. The lowest BCUT2D eigenvalue weighted by Crippen LogP contribution is -2.42. The number of ether oxygens (including phenoxy) is 1. The van der Waals surface area contributed by atoms with Crippen molar-refractivity contribution in [3.8, 4) is 6.07 Å². The minimum Gasteiger partial charge on any atom is -0.372 e. The van der Waals surface area contributed by atoms with Gasteiger partial charge in [0.05, 0.1) is 23.7 Å². The van der Waals surface area contributed by atoms with Gasteiger partial charge in [-0.05, 0) is 46.1 Å². The van der Waals surface area contributed by atoms with Gasteiger partial charge in [0.15, 0.2) is 0 Å². The summed E-state index contributed by atoms with van der Waals surface area (Å²) in [5.41, 5.74) is -0.149. The van der Waals surface area contributed by atoms with Crippen LogP contribution in [-0.2, 0) is 4.74 Å². The van der Waals surface area contributed by atoms with Crippen LogP contribution in [0, 0.1) is 16.7 Å². The van der Waals surface area contributed by atoms with Crippen LogP contribution >= 0.6 is 0 Å². The maximum atomic E-state index is 8.94. The Bertz CT molecular complexity index is 283. The Morgan fingerprint density at radius 3 is 2.47 bits per heavy atom. The molecule has 2 aliphatic rings. The Kier molecular flexibility index (Phi) is 4.06. The van der Waals surface area contributed by atoms with Crippen molar-refractivity contribution >= 4 is 0 Å². The number of rotatable bonds is 5. The standard InChI is InChI=1S/C14H24N2O/c1-14(2,11-15)7-3-4-8-16-9-12-5-6-13(10-16)17-12/h12-13H,3-10H2,1-2H3. The van der Waals surface area contributed by atoms with Crippen LogP contribution in [-0.4, -0.2) is 36.7 Å². The van der Waals surface area contributed by atoms with Crippen LogP contribution in [0.25, 0.3) is 0 Å². The van der Waals surface area contributed by atoms with E-state index >= 15 is 0 Å². The molecular formula is C14H24N2O. The van der Waals surface area contributed by atoms with Crippen LogP contribution in [0.1, 0.15) is 46.0 Å². The summed E-state index contributed by atoms with van der Waals surface area (Å²) in [6.45, 7) is 7.48. The van der Waals surface area contributed by atoms with Crippen molar-refractivity contribution < 1.29 is 4.74 Å². The quantitative estimate of drug-likeness (QED) is 0.688. The minimum atomic E-state index is -0.149. The lowest BCUT2D eigenvalue weighted by Gasteiger charge is -2.32. The molecule has 2 rings (SSSR count). The van der Waals surface area contributed by atoms with Crippen molar-refractivity contribution in [2.75, 3.05) is 19.6 Å². The first kappa shape index (κ1) is 12.9. The van der Waals surface area contributed by atoms with Crippen molar-refractivity contribution in [1.82, 2.24) is 4.90 Å². The molecule has 2 fully saturated rings. The highest BCUT2D eigenvalue weighted by atomic mass is 16.5. The van der Waals surface area contributed by atoms with Gasteiger partial charge >= 0.3 is 0 Å². The molecular weight excluding hydrogens is 212 g/mol. The molecule has 2 aliphatic heterocycles. The van der Waals surface area contributed by atoms with Gasteiger partial charge in [0.1, 0.15) is 0 Å². The maximum Gasteiger partial charge on any atom is 0.0707 e. The zero-order valence-electron chi connectivity index (χ0n) is 11.1. The Hall–Kier alpha value is -0.590. The van der Waals surface area contributed by atoms with Crippen LogP contribution in [0.15, 0.2) is 0 Å². The van der Waals surface area contributed by atoms with Crippen LogP contribution in [0.3, 0.4) is 0 Å². The van der Waals surface area contributed by atoms with Gasteiger partial charge in [-0.2, -0.15) is 5.26 Å². The summed E-state index contributed by atoms with van der Waals surface area (Å²) in [5.74, 6) is 0. The van der Waals surface area contributed by atoms with E-state index in [1.807, 2.05) is 13.8 Å². The normalized spacial score (nSPS) is 29.2. The van der Waals surface area contributed by atoms with Crippen LogP contribution in [0.5, 0.6) is 0 Å². The number of nitriles is 1. The predicted molar refractivity (Wildman–Crippen MR) is 67.6 cm³/mol. The molecule has 2 unspecified atom stereocenters. The molecule has 2 saturated heterocycles. The van der Waals surface area contributed by atoms with E-state index < -0.39 is 0 Å². The fourth-order valence-electron chi connectivity index (χ4n) is 2.84. The van der Waals surface area contributed by atoms with Gasteiger partial charge in [-0.15, -0.1) is 0 Å². The number of unbranched alkanes of at least 4 members (excludes halogenated alkanes) is 1. The fraction of sp³-hybridized carbons (Fsp3) is 0.929. The van der Waals surface area contributed by atoms with Crippen LogP contribution < -0.4 is 0 Å². The van der Waals surface area contributed by atoms with E-state index in [1.165, 1.54) is 25.8 Å². The van der Waals surface area contributed by atoms with Gasteiger partial charge in [0.25, 0.3) is 0 Å². The van der Waals surface area contributed by atoms with E-state index in [4.69, 9.17) is 10.00 Å². The first-order valence-corrected chi connectivity index (χ1v) is 6.88. The van der Waals surface area contributed by atoms with Crippen molar-refractivity contribution in [3.63, 3.8) is 0 Å². The summed E-state index contributed by atoms with van der Waals surface area (Å²) < 4.78 is 5.82. The number of fused-ring (bicyclic) bond motifs is 2. The monoisotopic (exact) mass is 236 g/mol. The van der Waals surface area contributed by atoms with Gasteiger partial charge < -0.3 is 4.74 Å². The van der Waals surface area contributed by atoms with Crippen molar-refractivity contribution in [3.05, 3.63) is 0 Å². The molecule has 3 heteroatoms. The third kappa shape index (κ3) is 3.69. The third-order valence-electron chi connectivity index (χ3n) is 3.95. The van der Waals surface area contributed by atoms with E-state index in [-0.39, 0.29) is 5.41 Å². The highest BCUT2D eigenvalue weighted by Crippen LogP contribution is 2.27. The summed E-state index contributed by atoms with van der Waals surface area (Å²) >= 11 is 0. The summed E-state index contributed by atoms with van der Waals surface area (Å²) in [6, 6.07) is 2.37. The molecule has 0 saturated carbocycles. The Morgan fingerprint density at radius 2 is 1.88 bits per heavy atom. The number of morpholine rings is 1. The van der Waals surface area contributed by atoms with E-state index in [0.29, 0.717) is 12.2 Å². The van der Waals surface area contributed by atoms with E-state index in [9.17, 15) is 0 Å².